The van der Waals surface area contributed by atoms with Gasteiger partial charge in [0.15, 0.2) is 0 Å². The zero-order valence-electron chi connectivity index (χ0n) is 4.40. The minimum Gasteiger partial charge on any atom is -0.187 e. The van der Waals surface area contributed by atoms with E-state index in [9.17, 15) is 0 Å². The summed E-state index contributed by atoms with van der Waals surface area (Å²) >= 11 is 7.58. The standard InChI is InChI=1S/C5H3NS3/c7-4-6-5-3-8-1-2-9-5/h1-3H. The Morgan fingerprint density at radius 1 is 1.56 bits per heavy atom. The highest BCUT2D eigenvalue weighted by Gasteiger charge is 1.94. The lowest BCUT2D eigenvalue weighted by Crippen LogP contribution is -1.67. The molecule has 0 atom stereocenters. The molecule has 1 aliphatic heterocycles. The molecule has 0 radical (unpaired) electrons. The predicted molar refractivity (Wildman–Crippen MR) is 47.4 cm³/mol. The van der Waals surface area contributed by atoms with Gasteiger partial charge in [-0.1, -0.05) is 11.8 Å². The summed E-state index contributed by atoms with van der Waals surface area (Å²) in [7, 11) is 0. The number of thiocarbonyl (C=S) groups is 1. The normalized spacial score (nSPS) is 16.2. The van der Waals surface area contributed by atoms with Crippen molar-refractivity contribution >= 4 is 40.9 Å². The van der Waals surface area contributed by atoms with Gasteiger partial charge in [-0.3, -0.25) is 0 Å². The van der Waals surface area contributed by atoms with Crippen molar-refractivity contribution in [1.29, 1.82) is 0 Å². The number of aliphatic imine (C=N–C) groups is 1. The van der Waals surface area contributed by atoms with Crippen LogP contribution in [0, 0.1) is 0 Å². The summed E-state index contributed by atoms with van der Waals surface area (Å²) in [6, 6.07) is 0. The lowest BCUT2D eigenvalue weighted by Gasteiger charge is -1.96. The first-order valence-corrected chi connectivity index (χ1v) is 4.42. The minimum absolute atomic E-state index is 0.914. The fourth-order valence-electron chi connectivity index (χ4n) is 0.353. The van der Waals surface area contributed by atoms with Crippen LogP contribution in [0.5, 0.6) is 0 Å². The highest BCUT2D eigenvalue weighted by Crippen LogP contribution is 2.27. The van der Waals surface area contributed by atoms with Gasteiger partial charge < -0.3 is 0 Å². The Labute approximate surface area is 67.3 Å². The van der Waals surface area contributed by atoms with E-state index in [2.05, 4.69) is 22.4 Å². The topological polar surface area (TPSA) is 12.4 Å². The molecule has 0 saturated carbocycles. The highest BCUT2D eigenvalue weighted by molar-refractivity contribution is 8.11. The fraction of sp³-hybridized carbons (Fsp3) is 0. The van der Waals surface area contributed by atoms with E-state index in [0.29, 0.717) is 0 Å². The fourth-order valence-corrected chi connectivity index (χ4v) is 1.86. The van der Waals surface area contributed by atoms with E-state index in [4.69, 9.17) is 0 Å². The maximum Gasteiger partial charge on any atom is 0.118 e. The van der Waals surface area contributed by atoms with Crippen molar-refractivity contribution in [3.8, 4) is 0 Å². The number of thioether (sulfide) groups is 2. The van der Waals surface area contributed by atoms with E-state index >= 15 is 0 Å². The first kappa shape index (κ1) is 7.09. The second kappa shape index (κ2) is 3.90. The van der Waals surface area contributed by atoms with Crippen molar-refractivity contribution in [2.45, 2.75) is 0 Å². The van der Waals surface area contributed by atoms with Gasteiger partial charge in [0.1, 0.15) is 5.03 Å². The van der Waals surface area contributed by atoms with Gasteiger partial charge >= 0.3 is 0 Å². The minimum atomic E-state index is 0.914. The van der Waals surface area contributed by atoms with Crippen LogP contribution in [0.15, 0.2) is 26.2 Å². The van der Waals surface area contributed by atoms with Crippen LogP contribution in [0.4, 0.5) is 0 Å². The molecule has 0 unspecified atom stereocenters. The summed E-state index contributed by atoms with van der Waals surface area (Å²) < 4.78 is 0. The molecule has 0 spiro atoms. The number of hydrogen-bond acceptors (Lipinski definition) is 4. The molecule has 1 nitrogen and oxygen atoms in total. The van der Waals surface area contributed by atoms with Gasteiger partial charge in [-0.15, -0.1) is 11.8 Å². The van der Waals surface area contributed by atoms with E-state index in [0.717, 1.165) is 5.03 Å². The molecule has 1 rings (SSSR count). The van der Waals surface area contributed by atoms with Crippen LogP contribution in [0.3, 0.4) is 0 Å². The summed E-state index contributed by atoms with van der Waals surface area (Å²) in [4.78, 5) is 3.80. The SMILES string of the molecule is S=C=NC1=CSC=CS1. The molecule has 0 amide bonds. The number of rotatable bonds is 1. The van der Waals surface area contributed by atoms with Crippen molar-refractivity contribution in [2.75, 3.05) is 0 Å². The van der Waals surface area contributed by atoms with Crippen LogP contribution in [0.1, 0.15) is 0 Å². The third-order valence-corrected chi connectivity index (χ3v) is 2.44. The average molecular weight is 173 g/mol. The largest absolute Gasteiger partial charge is 0.187 e. The highest BCUT2D eigenvalue weighted by atomic mass is 32.2. The molecule has 0 aromatic heterocycles. The van der Waals surface area contributed by atoms with E-state index < -0.39 is 0 Å². The monoisotopic (exact) mass is 173 g/mol. The van der Waals surface area contributed by atoms with Gasteiger partial charge in [0, 0.05) is 5.41 Å². The van der Waals surface area contributed by atoms with Crippen molar-refractivity contribution in [3.63, 3.8) is 0 Å². The van der Waals surface area contributed by atoms with E-state index in [-0.39, 0.29) is 0 Å². The third kappa shape index (κ3) is 2.37. The summed E-state index contributed by atoms with van der Waals surface area (Å²) in [6.45, 7) is 0. The van der Waals surface area contributed by atoms with E-state index in [1.807, 2.05) is 16.2 Å². The molecule has 46 valence electrons. The van der Waals surface area contributed by atoms with E-state index in [1.165, 1.54) is 0 Å². The Morgan fingerprint density at radius 3 is 3.00 bits per heavy atom. The smallest absolute Gasteiger partial charge is 0.118 e. The van der Waals surface area contributed by atoms with Crippen LogP contribution in [0.2, 0.25) is 0 Å². The molecular formula is C5H3NS3. The quantitative estimate of drug-likeness (QED) is 0.447. The second-order valence-electron chi connectivity index (χ2n) is 1.19. The van der Waals surface area contributed by atoms with Crippen molar-refractivity contribution in [3.05, 3.63) is 21.3 Å². The Balaban J connectivity index is 2.60. The zero-order valence-corrected chi connectivity index (χ0v) is 6.85. The van der Waals surface area contributed by atoms with Gasteiger partial charge in [-0.25, -0.2) is 0 Å². The first-order chi connectivity index (χ1) is 4.43. The number of hydrogen-bond donors (Lipinski definition) is 0. The molecule has 9 heavy (non-hydrogen) atoms. The van der Waals surface area contributed by atoms with Gasteiger partial charge in [-0.05, 0) is 23.0 Å². The van der Waals surface area contributed by atoms with Crippen LogP contribution >= 0.6 is 35.7 Å². The average Bonchev–Trinajstić information content (AvgIpc) is 1.91. The maximum absolute atomic E-state index is 4.43. The van der Waals surface area contributed by atoms with Crippen LogP contribution in [-0.4, -0.2) is 5.16 Å². The summed E-state index contributed by atoms with van der Waals surface area (Å²) in [5, 5.41) is 9.12. The van der Waals surface area contributed by atoms with E-state index in [1.54, 1.807) is 23.5 Å². The molecule has 0 aromatic carbocycles. The predicted octanol–water partition coefficient (Wildman–Crippen LogP) is 2.84. The molecule has 0 saturated heterocycles. The van der Waals surface area contributed by atoms with Crippen molar-refractivity contribution in [1.82, 2.24) is 0 Å². The molecule has 0 aromatic rings. The van der Waals surface area contributed by atoms with Gasteiger partial charge in [0.2, 0.25) is 0 Å². The van der Waals surface area contributed by atoms with Gasteiger partial charge in [-0.2, -0.15) is 4.99 Å². The zero-order chi connectivity index (χ0) is 6.53. The maximum atomic E-state index is 4.43. The van der Waals surface area contributed by atoms with Crippen molar-refractivity contribution < 1.29 is 0 Å². The Bertz CT molecular complexity index is 200. The molecule has 4 heteroatoms. The lowest BCUT2D eigenvalue weighted by atomic mass is 11.0. The molecule has 0 fully saturated rings. The molecule has 0 aliphatic carbocycles. The molecule has 1 aliphatic rings. The second-order valence-corrected chi connectivity index (χ2v) is 3.07. The van der Waals surface area contributed by atoms with Crippen molar-refractivity contribution in [2.24, 2.45) is 4.99 Å². The first-order valence-electron chi connectivity index (χ1n) is 2.18. The Morgan fingerprint density at radius 2 is 2.44 bits per heavy atom. The summed E-state index contributed by atoms with van der Waals surface area (Å²) in [6.07, 6.45) is 0. The van der Waals surface area contributed by atoms with Crippen LogP contribution in [0.25, 0.3) is 0 Å². The van der Waals surface area contributed by atoms with Crippen LogP contribution in [-0.2, 0) is 0 Å². The Hall–Kier alpha value is -0.0200. The van der Waals surface area contributed by atoms with Gasteiger partial charge in [0.05, 0.1) is 5.16 Å². The number of isothiocyanates is 1. The summed E-state index contributed by atoms with van der Waals surface area (Å²) in [5.41, 5.74) is 0. The molecule has 0 bridgehead atoms. The third-order valence-electron chi connectivity index (χ3n) is 0.648. The Kier molecular flexibility index (Phi) is 3.08. The molecule has 1 heterocycles. The number of nitrogens with zero attached hydrogens (tertiary/aromatic N) is 1. The lowest BCUT2D eigenvalue weighted by molar-refractivity contribution is 1.59. The summed E-state index contributed by atoms with van der Waals surface area (Å²) in [5.74, 6) is 0. The van der Waals surface area contributed by atoms with Crippen LogP contribution < -0.4 is 0 Å². The molecular weight excluding hydrogens is 170 g/mol. The molecule has 0 N–H and O–H groups in total. The van der Waals surface area contributed by atoms with Gasteiger partial charge in [0.25, 0.3) is 0 Å².